The summed E-state index contributed by atoms with van der Waals surface area (Å²) < 4.78 is 9.67. The summed E-state index contributed by atoms with van der Waals surface area (Å²) in [7, 11) is 0. The summed E-state index contributed by atoms with van der Waals surface area (Å²) in [6.07, 6.45) is 9.50. The van der Waals surface area contributed by atoms with E-state index in [1.165, 1.54) is 11.1 Å². The maximum absolute atomic E-state index is 9.28. The first-order valence-electron chi connectivity index (χ1n) is 20.0. The van der Waals surface area contributed by atoms with Gasteiger partial charge in [-0.2, -0.15) is 5.26 Å². The van der Waals surface area contributed by atoms with Crippen molar-refractivity contribution in [1.29, 1.82) is 10.5 Å². The van der Waals surface area contributed by atoms with Gasteiger partial charge < -0.3 is 4.74 Å². The van der Waals surface area contributed by atoms with Crippen molar-refractivity contribution in [1.82, 2.24) is 30.0 Å². The summed E-state index contributed by atoms with van der Waals surface area (Å²) in [5.41, 5.74) is 5.09. The van der Waals surface area contributed by atoms with Crippen LogP contribution in [0.25, 0.3) is 62.5 Å². The molecule has 316 valence electrons. The Hall–Kier alpha value is -7.76. The molecule has 0 aliphatic carbocycles. The van der Waals surface area contributed by atoms with Crippen LogP contribution >= 0.6 is 45.3 Å². The summed E-state index contributed by atoms with van der Waals surface area (Å²) >= 11 is 6.58. The summed E-state index contributed by atoms with van der Waals surface area (Å²) in [5.74, 6) is 0.376. The fourth-order valence-electron chi connectivity index (χ4n) is 6.72. The van der Waals surface area contributed by atoms with Gasteiger partial charge in [0.2, 0.25) is 5.70 Å². The molecule has 6 aromatic heterocycles. The molecule has 0 bridgehead atoms. The Morgan fingerprint density at radius 1 is 0.662 bits per heavy atom. The van der Waals surface area contributed by atoms with Crippen LogP contribution in [0.4, 0.5) is 0 Å². The number of rotatable bonds is 11. The van der Waals surface area contributed by atoms with Crippen LogP contribution in [-0.2, 0) is 17.8 Å². The molecule has 9 rings (SSSR count). The minimum atomic E-state index is -0.676. The Balaban J connectivity index is 0.000000184. The Bertz CT molecular complexity index is 3270. The van der Waals surface area contributed by atoms with Crippen molar-refractivity contribution >= 4 is 57.5 Å². The average molecular weight is 921 g/mol. The molecule has 0 unspecified atom stereocenters. The third-order valence-electron chi connectivity index (χ3n) is 9.93. The Kier molecular flexibility index (Phi) is 13.3. The highest BCUT2D eigenvalue weighted by Crippen LogP contribution is 2.43. The minimum Gasteiger partial charge on any atom is -0.494 e. The molecule has 1 aliphatic rings. The predicted molar refractivity (Wildman–Crippen MR) is 261 cm³/mol. The van der Waals surface area contributed by atoms with E-state index in [2.05, 4.69) is 91.0 Å². The van der Waals surface area contributed by atoms with Gasteiger partial charge in [0, 0.05) is 34.8 Å². The van der Waals surface area contributed by atoms with Gasteiger partial charge in [0.05, 0.1) is 66.1 Å². The van der Waals surface area contributed by atoms with Crippen molar-refractivity contribution in [3.8, 4) is 52.8 Å². The van der Waals surface area contributed by atoms with E-state index in [1.54, 1.807) is 58.3 Å². The SMILES string of the molecule is [C-]#[N+]/C(C#N)=C\c1ccc(-c2ccc(-c3cn(Cc4ccccc4)nn3)s2)s1.[C-]#[N+]C1=C(/C=C/c2ccc(-c3ccc(-c4cn(Cc5ccccc5)nn4)s3)s2)C(C)(C)O/C1=C(\C)C#N. The van der Waals surface area contributed by atoms with Crippen LogP contribution in [0.2, 0.25) is 0 Å². The fourth-order valence-corrected chi connectivity index (χ4v) is 10.7. The van der Waals surface area contributed by atoms with Crippen molar-refractivity contribution in [2.24, 2.45) is 0 Å². The van der Waals surface area contributed by atoms with Crippen LogP contribution < -0.4 is 0 Å². The smallest absolute Gasteiger partial charge is 0.263 e. The summed E-state index contributed by atoms with van der Waals surface area (Å²) in [6.45, 7) is 21.5. The Morgan fingerprint density at radius 2 is 1.15 bits per heavy atom. The number of allylic oxidation sites excluding steroid dienone is 2. The maximum atomic E-state index is 9.28. The molecule has 0 amide bonds. The van der Waals surface area contributed by atoms with Crippen molar-refractivity contribution < 1.29 is 4.74 Å². The lowest BCUT2D eigenvalue weighted by Gasteiger charge is -2.21. The standard InChI is InChI=1S/C29H23N5OS2.C21H13N5S2/c1-19(16-30)28-27(31-4)22(29(2,3)35-28)12-10-21-11-13-25(36-21)26-15-14-24(37-26)23-18-34(33-32-23)17-20-8-6-5-7-9-20;1-23-16(12-22)11-17-7-8-20(27-17)21-10-9-19(28-21)18-14-26(25-24-18)13-15-5-3-2-4-6-15/h5-15,18H,17H2,1-3H3;2-11,14H,13H2/b12-10+,28-19+;16-11-. The number of benzene rings is 2. The summed E-state index contributed by atoms with van der Waals surface area (Å²) in [6, 6.07) is 40.8. The van der Waals surface area contributed by atoms with Crippen molar-refractivity contribution in [2.45, 2.75) is 39.5 Å². The van der Waals surface area contributed by atoms with Gasteiger partial charge in [-0.05, 0) is 92.6 Å². The lowest BCUT2D eigenvalue weighted by molar-refractivity contribution is 0.0948. The second-order valence-corrected chi connectivity index (χ2v) is 19.3. The van der Waals surface area contributed by atoms with Gasteiger partial charge in [-0.25, -0.2) is 24.3 Å². The van der Waals surface area contributed by atoms with E-state index in [-0.39, 0.29) is 5.70 Å². The van der Waals surface area contributed by atoms with Gasteiger partial charge in [0.15, 0.2) is 0 Å². The number of ether oxygens (including phenoxy) is 1. The first-order valence-corrected chi connectivity index (χ1v) is 23.3. The van der Waals surface area contributed by atoms with Crippen LogP contribution in [-0.4, -0.2) is 35.6 Å². The topological polar surface area (TPSA) is 127 Å². The minimum absolute atomic E-state index is 0.0929. The molecular weight excluding hydrogens is 885 g/mol. The van der Waals surface area contributed by atoms with Gasteiger partial charge in [-0.1, -0.05) is 77.2 Å². The lowest BCUT2D eigenvalue weighted by atomic mass is 9.97. The molecule has 0 saturated heterocycles. The van der Waals surface area contributed by atoms with E-state index in [0.717, 1.165) is 56.0 Å². The molecule has 2 aromatic carbocycles. The molecule has 8 aromatic rings. The second-order valence-electron chi connectivity index (χ2n) is 14.9. The molecule has 11 nitrogen and oxygen atoms in total. The molecule has 0 N–H and O–H groups in total. The van der Waals surface area contributed by atoms with Crippen molar-refractivity contribution in [3.05, 3.63) is 200 Å². The van der Waals surface area contributed by atoms with E-state index in [4.69, 9.17) is 23.1 Å². The zero-order chi connectivity index (χ0) is 45.3. The number of nitriles is 2. The second kappa shape index (κ2) is 19.7. The fraction of sp³-hybridized carbons (Fsp3) is 0.120. The largest absolute Gasteiger partial charge is 0.494 e. The molecule has 65 heavy (non-hydrogen) atoms. The first-order chi connectivity index (χ1) is 31.6. The Labute approximate surface area is 392 Å². The molecule has 1 aliphatic heterocycles. The van der Waals surface area contributed by atoms with Crippen LogP contribution in [0.1, 0.15) is 41.7 Å². The van der Waals surface area contributed by atoms with Gasteiger partial charge >= 0.3 is 0 Å². The van der Waals surface area contributed by atoms with Gasteiger partial charge in [0.25, 0.3) is 5.70 Å². The van der Waals surface area contributed by atoms with Crippen LogP contribution in [0, 0.1) is 35.8 Å². The monoisotopic (exact) mass is 920 g/mol. The number of nitrogens with zero attached hydrogens (tertiary/aromatic N) is 10. The van der Waals surface area contributed by atoms with E-state index in [9.17, 15) is 5.26 Å². The number of hydrogen-bond donors (Lipinski definition) is 0. The van der Waals surface area contributed by atoms with Crippen LogP contribution in [0.3, 0.4) is 0 Å². The van der Waals surface area contributed by atoms with Gasteiger partial charge in [-0.3, -0.25) is 0 Å². The highest BCUT2D eigenvalue weighted by Gasteiger charge is 2.38. The number of thiophene rings is 4. The summed E-state index contributed by atoms with van der Waals surface area (Å²) in [5, 5.41) is 35.4. The van der Waals surface area contributed by atoms with E-state index < -0.39 is 5.60 Å². The zero-order valence-corrected chi connectivity index (χ0v) is 38.5. The molecule has 0 atom stereocenters. The summed E-state index contributed by atoms with van der Waals surface area (Å²) in [4.78, 5) is 15.5. The predicted octanol–water partition coefficient (Wildman–Crippen LogP) is 13.1. The van der Waals surface area contributed by atoms with Crippen LogP contribution in [0.15, 0.2) is 156 Å². The molecule has 7 heterocycles. The Morgan fingerprint density at radius 3 is 1.66 bits per heavy atom. The highest BCUT2D eigenvalue weighted by atomic mass is 32.1. The van der Waals surface area contributed by atoms with Crippen LogP contribution in [0.5, 0.6) is 0 Å². The molecule has 0 spiro atoms. The van der Waals surface area contributed by atoms with E-state index in [1.807, 2.05) is 108 Å². The third-order valence-corrected chi connectivity index (χ3v) is 14.6. The number of hydrogen-bond acceptors (Lipinski definition) is 11. The zero-order valence-electron chi connectivity index (χ0n) is 35.2. The highest BCUT2D eigenvalue weighted by molar-refractivity contribution is 7.24. The normalized spacial score (nSPS) is 13.9. The van der Waals surface area contributed by atoms with Crippen molar-refractivity contribution in [3.63, 3.8) is 0 Å². The molecular formula is C50H36N10OS4. The van der Waals surface area contributed by atoms with Gasteiger partial charge in [-0.15, -0.1) is 55.5 Å². The van der Waals surface area contributed by atoms with E-state index >= 15 is 0 Å². The molecule has 15 heteroatoms. The molecule has 0 saturated carbocycles. The first kappa shape index (κ1) is 43.9. The van der Waals surface area contributed by atoms with Crippen molar-refractivity contribution in [2.75, 3.05) is 0 Å². The molecule has 0 radical (unpaired) electrons. The maximum Gasteiger partial charge on any atom is 0.263 e. The average Bonchev–Trinajstić information content (AvgIpc) is 4.18. The van der Waals surface area contributed by atoms with E-state index in [0.29, 0.717) is 30.1 Å². The van der Waals surface area contributed by atoms with Gasteiger partial charge in [0.1, 0.15) is 22.7 Å². The quantitative estimate of drug-likeness (QED) is 0.0933. The lowest BCUT2D eigenvalue weighted by Crippen LogP contribution is -2.20. The molecule has 0 fully saturated rings. The number of aromatic nitrogens is 6. The third kappa shape index (κ3) is 10.4.